The second-order valence-corrected chi connectivity index (χ2v) is 11.2. The van der Waals surface area contributed by atoms with Crippen LogP contribution in [0.15, 0.2) is 36.5 Å². The molecule has 0 saturated heterocycles. The summed E-state index contributed by atoms with van der Waals surface area (Å²) >= 11 is 0. The predicted octanol–water partition coefficient (Wildman–Crippen LogP) is 11.6. The van der Waals surface area contributed by atoms with Crippen molar-refractivity contribution in [2.24, 2.45) is 0 Å². The Kier molecular flexibility index (Phi) is 31.7. The first kappa shape index (κ1) is 37.6. The summed E-state index contributed by atoms with van der Waals surface area (Å²) in [5.41, 5.74) is 0. The molecule has 0 heterocycles. The van der Waals surface area contributed by atoms with Crippen molar-refractivity contribution in [1.29, 1.82) is 0 Å². The van der Waals surface area contributed by atoms with Gasteiger partial charge in [0.2, 0.25) is 0 Å². The number of esters is 1. The molecule has 0 fully saturated rings. The molecule has 0 aliphatic carbocycles. The minimum absolute atomic E-state index is 0.0835. The fourth-order valence-corrected chi connectivity index (χ4v) is 4.76. The zero-order valence-corrected chi connectivity index (χ0v) is 26.4. The molecule has 0 spiro atoms. The maximum absolute atomic E-state index is 11.1. The normalized spacial score (nSPS) is 12.8. The summed E-state index contributed by atoms with van der Waals surface area (Å²) in [6.07, 6.45) is 43.5. The molecule has 228 valence electrons. The van der Waals surface area contributed by atoms with Gasteiger partial charge < -0.3 is 9.47 Å². The average Bonchev–Trinajstić information content (AvgIpc) is 2.95. The van der Waals surface area contributed by atoms with Gasteiger partial charge in [-0.1, -0.05) is 127 Å². The smallest absolute Gasteiger partial charge is 0.305 e. The lowest BCUT2D eigenvalue weighted by Gasteiger charge is -2.16. The lowest BCUT2D eigenvalue weighted by atomic mass is 10.1. The van der Waals surface area contributed by atoms with Crippen LogP contribution in [0.1, 0.15) is 168 Å². The lowest BCUT2D eigenvalue weighted by Crippen LogP contribution is -2.13. The molecule has 3 nitrogen and oxygen atoms in total. The van der Waals surface area contributed by atoms with E-state index >= 15 is 0 Å². The summed E-state index contributed by atoms with van der Waals surface area (Å²) in [5.74, 6) is -0.0835. The van der Waals surface area contributed by atoms with Crippen molar-refractivity contribution >= 4 is 5.97 Å². The number of rotatable bonds is 30. The Labute approximate surface area is 244 Å². The van der Waals surface area contributed by atoms with E-state index in [1.54, 1.807) is 0 Å². The standard InChI is InChI=1S/C36H66O3/c1-4-6-8-10-11-12-13-14-15-16-17-20-23-26-30-34-39-35(31-27-9-7-5-2)32-28-24-21-18-19-22-25-29-33-36(37)38-3/h11-12,14-15,24,28,35H,4-10,13,16-23,25-27,29-34H2,1-3H3/b12-11-,15-14-,28-24-. The molecule has 39 heavy (non-hydrogen) atoms. The SMILES string of the molecule is CCCCC/C=C\C/C=C\CCCCCCCOC(C/C=C\CCCCCCCC(=O)OC)CCCCCC. The number of allylic oxidation sites excluding steroid dienone is 5. The lowest BCUT2D eigenvalue weighted by molar-refractivity contribution is -0.140. The van der Waals surface area contributed by atoms with E-state index in [-0.39, 0.29) is 5.97 Å². The van der Waals surface area contributed by atoms with Crippen LogP contribution < -0.4 is 0 Å². The first-order chi connectivity index (χ1) is 19.2. The van der Waals surface area contributed by atoms with Crippen LogP contribution in [-0.2, 0) is 14.3 Å². The number of carbonyl (C=O) groups is 1. The highest BCUT2D eigenvalue weighted by molar-refractivity contribution is 5.68. The molecule has 0 aromatic rings. The first-order valence-electron chi connectivity index (χ1n) is 16.9. The van der Waals surface area contributed by atoms with Gasteiger partial charge in [0.05, 0.1) is 13.2 Å². The predicted molar refractivity (Wildman–Crippen MR) is 171 cm³/mol. The zero-order chi connectivity index (χ0) is 28.5. The van der Waals surface area contributed by atoms with E-state index in [0.717, 1.165) is 38.7 Å². The topological polar surface area (TPSA) is 35.5 Å². The summed E-state index contributed by atoms with van der Waals surface area (Å²) in [7, 11) is 1.47. The summed E-state index contributed by atoms with van der Waals surface area (Å²) in [4.78, 5) is 11.1. The third-order valence-corrected chi connectivity index (χ3v) is 7.37. The van der Waals surface area contributed by atoms with E-state index in [4.69, 9.17) is 9.47 Å². The van der Waals surface area contributed by atoms with Crippen molar-refractivity contribution in [1.82, 2.24) is 0 Å². The van der Waals surface area contributed by atoms with E-state index in [1.165, 1.54) is 123 Å². The highest BCUT2D eigenvalue weighted by Crippen LogP contribution is 2.15. The molecule has 0 amide bonds. The van der Waals surface area contributed by atoms with Gasteiger partial charge >= 0.3 is 5.97 Å². The molecule has 1 atom stereocenters. The second kappa shape index (κ2) is 32.9. The Morgan fingerprint density at radius 1 is 0.590 bits per heavy atom. The van der Waals surface area contributed by atoms with Gasteiger partial charge in [-0.25, -0.2) is 0 Å². The van der Waals surface area contributed by atoms with E-state index in [1.807, 2.05) is 0 Å². The highest BCUT2D eigenvalue weighted by Gasteiger charge is 2.07. The van der Waals surface area contributed by atoms with E-state index in [2.05, 4.69) is 50.3 Å². The molecular weight excluding hydrogens is 480 g/mol. The Morgan fingerprint density at radius 3 is 1.74 bits per heavy atom. The molecule has 0 saturated carbocycles. The Hall–Kier alpha value is -1.35. The third kappa shape index (κ3) is 31.0. The molecular formula is C36H66O3. The number of carbonyl (C=O) groups excluding carboxylic acids is 1. The minimum atomic E-state index is -0.0835. The van der Waals surface area contributed by atoms with Crippen LogP contribution in [0.2, 0.25) is 0 Å². The van der Waals surface area contributed by atoms with Crippen molar-refractivity contribution in [3.8, 4) is 0 Å². The molecule has 0 aromatic carbocycles. The summed E-state index contributed by atoms with van der Waals surface area (Å²) < 4.78 is 11.0. The van der Waals surface area contributed by atoms with E-state index in [9.17, 15) is 4.79 Å². The Balaban J connectivity index is 3.82. The Bertz CT molecular complexity index is 578. The van der Waals surface area contributed by atoms with Gasteiger partial charge in [0.25, 0.3) is 0 Å². The number of unbranched alkanes of at least 4 members (excludes halogenated alkanes) is 16. The second-order valence-electron chi connectivity index (χ2n) is 11.2. The van der Waals surface area contributed by atoms with Gasteiger partial charge in [-0.3, -0.25) is 4.79 Å². The summed E-state index contributed by atoms with van der Waals surface area (Å²) in [6.45, 7) is 5.46. The van der Waals surface area contributed by atoms with Gasteiger partial charge in [0, 0.05) is 13.0 Å². The molecule has 1 unspecified atom stereocenters. The average molecular weight is 547 g/mol. The maximum Gasteiger partial charge on any atom is 0.305 e. The zero-order valence-electron chi connectivity index (χ0n) is 26.4. The van der Waals surface area contributed by atoms with E-state index in [0.29, 0.717) is 12.5 Å². The van der Waals surface area contributed by atoms with Gasteiger partial charge in [0.1, 0.15) is 0 Å². The van der Waals surface area contributed by atoms with E-state index < -0.39 is 0 Å². The molecule has 0 aromatic heterocycles. The van der Waals surface area contributed by atoms with Crippen molar-refractivity contribution < 1.29 is 14.3 Å². The monoisotopic (exact) mass is 547 g/mol. The molecule has 0 aliphatic heterocycles. The van der Waals surface area contributed by atoms with Crippen molar-refractivity contribution in [3.63, 3.8) is 0 Å². The third-order valence-electron chi connectivity index (χ3n) is 7.37. The van der Waals surface area contributed by atoms with Gasteiger partial charge in [-0.05, 0) is 70.6 Å². The Morgan fingerprint density at radius 2 is 1.10 bits per heavy atom. The largest absolute Gasteiger partial charge is 0.469 e. The van der Waals surface area contributed by atoms with Crippen LogP contribution in [0.5, 0.6) is 0 Å². The number of ether oxygens (including phenoxy) is 2. The maximum atomic E-state index is 11.1. The fraction of sp³-hybridized carbons (Fsp3) is 0.806. The van der Waals surface area contributed by atoms with Crippen molar-refractivity contribution in [2.75, 3.05) is 13.7 Å². The molecule has 3 heteroatoms. The van der Waals surface area contributed by atoms with Crippen LogP contribution in [0, 0.1) is 0 Å². The van der Waals surface area contributed by atoms with Crippen LogP contribution in [0.4, 0.5) is 0 Å². The van der Waals surface area contributed by atoms with Crippen LogP contribution in [0.25, 0.3) is 0 Å². The van der Waals surface area contributed by atoms with Gasteiger partial charge in [0.15, 0.2) is 0 Å². The van der Waals surface area contributed by atoms with Crippen LogP contribution >= 0.6 is 0 Å². The number of hydrogen-bond donors (Lipinski definition) is 0. The molecule has 0 N–H and O–H groups in total. The van der Waals surface area contributed by atoms with Crippen molar-refractivity contribution in [3.05, 3.63) is 36.5 Å². The van der Waals surface area contributed by atoms with Crippen LogP contribution in [-0.4, -0.2) is 25.8 Å². The summed E-state index contributed by atoms with van der Waals surface area (Å²) in [5, 5.41) is 0. The molecule has 0 aliphatic rings. The summed E-state index contributed by atoms with van der Waals surface area (Å²) in [6, 6.07) is 0. The highest BCUT2D eigenvalue weighted by atomic mass is 16.5. The minimum Gasteiger partial charge on any atom is -0.469 e. The fourth-order valence-electron chi connectivity index (χ4n) is 4.76. The van der Waals surface area contributed by atoms with Crippen molar-refractivity contribution in [2.45, 2.75) is 174 Å². The quantitative estimate of drug-likeness (QED) is 0.0510. The number of hydrogen-bond acceptors (Lipinski definition) is 3. The number of methoxy groups -OCH3 is 1. The van der Waals surface area contributed by atoms with Gasteiger partial charge in [-0.2, -0.15) is 0 Å². The molecule has 0 bridgehead atoms. The van der Waals surface area contributed by atoms with Crippen LogP contribution in [0.3, 0.4) is 0 Å². The molecule has 0 rings (SSSR count). The molecule has 0 radical (unpaired) electrons. The first-order valence-corrected chi connectivity index (χ1v) is 16.9. The van der Waals surface area contributed by atoms with Gasteiger partial charge in [-0.15, -0.1) is 0 Å².